The van der Waals surface area contributed by atoms with E-state index in [1.165, 1.54) is 43.4 Å². The number of nitrogens with zero attached hydrogens (tertiary/aromatic N) is 7. The minimum atomic E-state index is 0.547. The Kier molecular flexibility index (Phi) is 11.1. The first-order valence-corrected chi connectivity index (χ1v) is 31.9. The Morgan fingerprint density at radius 3 is 1.06 bits per heavy atom. The van der Waals surface area contributed by atoms with Crippen LogP contribution in [0.3, 0.4) is 0 Å². The number of fused-ring (bicyclic) bond motifs is 15. The topological polar surface area (TPSA) is 69.3 Å². The van der Waals surface area contributed by atoms with Gasteiger partial charge >= 0.3 is 0 Å². The van der Waals surface area contributed by atoms with Crippen molar-refractivity contribution in [1.29, 1.82) is 5.26 Å². The summed E-state index contributed by atoms with van der Waals surface area (Å²) in [5.41, 5.74) is 24.9. The summed E-state index contributed by atoms with van der Waals surface area (Å²) in [6, 6.07) is 114. The van der Waals surface area contributed by atoms with Gasteiger partial charge in [0.2, 0.25) is 0 Å². The van der Waals surface area contributed by atoms with Crippen LogP contribution in [0.1, 0.15) is 5.56 Å². The molecule has 7 nitrogen and oxygen atoms in total. The van der Waals surface area contributed by atoms with Crippen molar-refractivity contribution >= 4 is 98.0 Å². The molecule has 7 heteroatoms. The van der Waals surface area contributed by atoms with Gasteiger partial charge in [-0.2, -0.15) is 5.26 Å². The van der Waals surface area contributed by atoms with Crippen molar-refractivity contribution in [2.24, 2.45) is 0 Å². The quantitative estimate of drug-likeness (QED) is 0.152. The SMILES string of the molecule is N#Cc1cccc(-c2nc(-c3cc(-n4c5ccccc5c5c(-c6cccc7c6c6ccccc6n7-c6ccccc6)cccc54)cc(-n4c5ccccc5c5c(-c6cccc7c6c6ccccc6n7-c6ccccc6)cccc54)c3)c3c(n2)-c2cccc4cccc-3c24)c1. The number of benzene rings is 14. The number of hydrogen-bond acceptors (Lipinski definition) is 3. The summed E-state index contributed by atoms with van der Waals surface area (Å²) in [4.78, 5) is 11.2. The summed E-state index contributed by atoms with van der Waals surface area (Å²) < 4.78 is 9.76. The molecule has 94 heavy (non-hydrogen) atoms. The Bertz CT molecular complexity index is 6190. The third kappa shape index (κ3) is 7.42. The van der Waals surface area contributed by atoms with Gasteiger partial charge in [-0.05, 0) is 142 Å². The lowest BCUT2D eigenvalue weighted by atomic mass is 9.95. The molecule has 1 aliphatic carbocycles. The van der Waals surface area contributed by atoms with Crippen LogP contribution < -0.4 is 0 Å². The van der Waals surface area contributed by atoms with E-state index in [4.69, 9.17) is 9.97 Å². The van der Waals surface area contributed by atoms with Crippen LogP contribution in [0.2, 0.25) is 0 Å². The fourth-order valence-corrected chi connectivity index (χ4v) is 16.0. The van der Waals surface area contributed by atoms with Gasteiger partial charge in [-0.15, -0.1) is 0 Å². The number of para-hydroxylation sites is 6. The van der Waals surface area contributed by atoms with Crippen LogP contribution in [0, 0.1) is 11.3 Å². The predicted molar refractivity (Wildman–Crippen MR) is 388 cm³/mol. The molecule has 434 valence electrons. The Labute approximate surface area is 539 Å². The minimum Gasteiger partial charge on any atom is -0.309 e. The second-order valence-electron chi connectivity index (χ2n) is 24.6. The second-order valence-corrected chi connectivity index (χ2v) is 24.6. The van der Waals surface area contributed by atoms with Gasteiger partial charge < -0.3 is 18.3 Å². The van der Waals surface area contributed by atoms with Crippen molar-refractivity contribution in [3.05, 3.63) is 315 Å². The summed E-state index contributed by atoms with van der Waals surface area (Å²) in [6.07, 6.45) is 0. The standard InChI is InChI=1S/C87H51N7/c88-52-53-22-15-25-55(48-53)87-89-85(84-69-38-16-23-54-24-17-39-70(79(54)69)86(84)90-87)56-49-59(93-73-42-13-9-32-67(73)82-63(36-20-46-77(82)93)61-34-18-44-75-80(61)65-30-7-11-40-71(65)91(75)57-26-3-1-4-27-57)51-60(50-56)94-74-43-14-10-33-68(74)83-64(37-21-47-78(83)94)62-35-19-45-76-81(62)66-31-8-12-41-72(66)92(76)58-28-5-2-6-29-58/h1-51H. The average Bonchev–Trinajstić information content (AvgIpc) is 1.56. The van der Waals surface area contributed by atoms with Crippen LogP contribution in [-0.4, -0.2) is 28.2 Å². The zero-order chi connectivity index (χ0) is 61.7. The molecule has 5 heterocycles. The van der Waals surface area contributed by atoms with Gasteiger partial charge in [0.25, 0.3) is 0 Å². The van der Waals surface area contributed by atoms with Crippen molar-refractivity contribution in [2.75, 3.05) is 0 Å². The van der Waals surface area contributed by atoms with Gasteiger partial charge in [0.1, 0.15) is 0 Å². The van der Waals surface area contributed by atoms with Crippen LogP contribution in [0.4, 0.5) is 0 Å². The molecule has 1 aliphatic rings. The zero-order valence-corrected chi connectivity index (χ0v) is 50.6. The van der Waals surface area contributed by atoms with E-state index in [9.17, 15) is 5.26 Å². The molecule has 0 spiro atoms. The van der Waals surface area contributed by atoms with Gasteiger partial charge in [-0.25, -0.2) is 9.97 Å². The van der Waals surface area contributed by atoms with Crippen molar-refractivity contribution in [2.45, 2.75) is 0 Å². The molecular weight excluding hydrogens is 1140 g/mol. The van der Waals surface area contributed by atoms with Gasteiger partial charge in [0.05, 0.1) is 67.2 Å². The molecule has 0 unspecified atom stereocenters. The first-order valence-electron chi connectivity index (χ1n) is 31.9. The smallest absolute Gasteiger partial charge is 0.160 e. The van der Waals surface area contributed by atoms with Crippen molar-refractivity contribution in [1.82, 2.24) is 28.2 Å². The molecule has 0 amide bonds. The molecule has 0 N–H and O–H groups in total. The fraction of sp³-hybridized carbons (Fsp3) is 0. The molecule has 14 aromatic carbocycles. The highest BCUT2D eigenvalue weighted by molar-refractivity contribution is 6.25. The van der Waals surface area contributed by atoms with E-state index < -0.39 is 0 Å². The fourth-order valence-electron chi connectivity index (χ4n) is 16.0. The van der Waals surface area contributed by atoms with Gasteiger partial charge in [-0.3, -0.25) is 0 Å². The molecule has 0 saturated carbocycles. The normalized spacial score (nSPS) is 12.0. The lowest BCUT2D eigenvalue weighted by Crippen LogP contribution is -2.02. The summed E-state index contributed by atoms with van der Waals surface area (Å²) in [7, 11) is 0. The van der Waals surface area contributed by atoms with E-state index in [1.54, 1.807) is 0 Å². The van der Waals surface area contributed by atoms with E-state index >= 15 is 0 Å². The molecule has 0 saturated heterocycles. The van der Waals surface area contributed by atoms with E-state index in [1.807, 2.05) is 24.3 Å². The van der Waals surface area contributed by atoms with Gasteiger partial charge in [-0.1, -0.05) is 206 Å². The summed E-state index contributed by atoms with van der Waals surface area (Å²) in [5.74, 6) is 0.552. The summed E-state index contributed by atoms with van der Waals surface area (Å²) in [6.45, 7) is 0. The molecule has 19 aromatic rings. The molecule has 0 fully saturated rings. The van der Waals surface area contributed by atoms with Crippen molar-refractivity contribution in [3.8, 4) is 96.1 Å². The van der Waals surface area contributed by atoms with E-state index in [0.717, 1.165) is 139 Å². The van der Waals surface area contributed by atoms with Crippen molar-refractivity contribution < 1.29 is 0 Å². The van der Waals surface area contributed by atoms with Crippen LogP contribution in [0.5, 0.6) is 0 Å². The van der Waals surface area contributed by atoms with Gasteiger partial charge in [0.15, 0.2) is 5.82 Å². The Morgan fingerprint density at radius 2 is 0.617 bits per heavy atom. The second kappa shape index (κ2) is 20.1. The maximum atomic E-state index is 10.3. The highest BCUT2D eigenvalue weighted by Crippen LogP contribution is 2.52. The maximum Gasteiger partial charge on any atom is 0.160 e. The number of hydrogen-bond donors (Lipinski definition) is 0. The molecule has 0 aliphatic heterocycles. The average molecular weight is 1190 g/mol. The van der Waals surface area contributed by atoms with E-state index in [0.29, 0.717) is 11.4 Å². The Balaban J connectivity index is 0.890. The zero-order valence-electron chi connectivity index (χ0n) is 50.6. The van der Waals surface area contributed by atoms with Crippen LogP contribution in [-0.2, 0) is 0 Å². The molecule has 0 radical (unpaired) electrons. The minimum absolute atomic E-state index is 0.547. The molecular formula is C87H51N7. The first kappa shape index (κ1) is 51.9. The largest absolute Gasteiger partial charge is 0.309 e. The lowest BCUT2D eigenvalue weighted by Gasteiger charge is -2.18. The molecule has 0 bridgehead atoms. The summed E-state index contributed by atoms with van der Waals surface area (Å²) in [5, 5.41) is 22.1. The van der Waals surface area contributed by atoms with Gasteiger partial charge in [0, 0.05) is 88.1 Å². The monoisotopic (exact) mass is 1190 g/mol. The molecule has 0 atom stereocenters. The molecule has 5 aromatic heterocycles. The molecule has 20 rings (SSSR count). The lowest BCUT2D eigenvalue weighted by molar-refractivity contribution is 1.13. The van der Waals surface area contributed by atoms with Crippen LogP contribution in [0.25, 0.3) is 188 Å². The number of nitriles is 1. The highest BCUT2D eigenvalue weighted by Gasteiger charge is 2.31. The first-order chi connectivity index (χ1) is 46.6. The van der Waals surface area contributed by atoms with Crippen LogP contribution in [0.15, 0.2) is 309 Å². The predicted octanol–water partition coefficient (Wildman–Crippen LogP) is 22.2. The van der Waals surface area contributed by atoms with E-state index in [2.05, 4.69) is 309 Å². The number of rotatable bonds is 8. The van der Waals surface area contributed by atoms with E-state index in [-0.39, 0.29) is 0 Å². The summed E-state index contributed by atoms with van der Waals surface area (Å²) >= 11 is 0. The third-order valence-corrected chi connectivity index (χ3v) is 19.7. The third-order valence-electron chi connectivity index (χ3n) is 19.7. The maximum absolute atomic E-state index is 10.3. The Morgan fingerprint density at radius 1 is 0.255 bits per heavy atom. The highest BCUT2D eigenvalue weighted by atomic mass is 15.0. The Hall–Kier alpha value is -12.9. The van der Waals surface area contributed by atoms with Crippen molar-refractivity contribution in [3.63, 3.8) is 0 Å². The number of aromatic nitrogens is 6. The van der Waals surface area contributed by atoms with Crippen LogP contribution >= 0.6 is 0 Å².